The monoisotopic (exact) mass is 444 g/mol. The van der Waals surface area contributed by atoms with Gasteiger partial charge in [-0.25, -0.2) is 5.43 Å². The van der Waals surface area contributed by atoms with Crippen molar-refractivity contribution in [3.8, 4) is 0 Å². The van der Waals surface area contributed by atoms with Gasteiger partial charge in [-0.2, -0.15) is 5.10 Å². The van der Waals surface area contributed by atoms with Crippen molar-refractivity contribution in [2.45, 2.75) is 13.5 Å². The first-order valence-corrected chi connectivity index (χ1v) is 10.4. The van der Waals surface area contributed by atoms with Crippen molar-refractivity contribution in [1.29, 1.82) is 0 Å². The maximum Gasteiger partial charge on any atom is 0.271 e. The molecule has 0 aliphatic carbocycles. The number of nitrogens with zero attached hydrogens (tertiary/aromatic N) is 2. The highest BCUT2D eigenvalue weighted by Crippen LogP contribution is 2.22. The minimum atomic E-state index is -0.363. The van der Waals surface area contributed by atoms with E-state index in [-0.39, 0.29) is 11.8 Å². The Balaban J connectivity index is 1.52. The Morgan fingerprint density at radius 2 is 1.81 bits per heavy atom. The summed E-state index contributed by atoms with van der Waals surface area (Å²) in [7, 11) is 0. The lowest BCUT2D eigenvalue weighted by Gasteiger charge is -2.05. The van der Waals surface area contributed by atoms with E-state index < -0.39 is 0 Å². The molecule has 0 atom stereocenters. The van der Waals surface area contributed by atoms with Crippen molar-refractivity contribution in [3.05, 3.63) is 101 Å². The molecule has 0 radical (unpaired) electrons. The van der Waals surface area contributed by atoms with Crippen LogP contribution in [0.4, 0.5) is 5.69 Å². The molecule has 3 aromatic carbocycles. The summed E-state index contributed by atoms with van der Waals surface area (Å²) in [5.41, 5.74) is 6.60. The van der Waals surface area contributed by atoms with Crippen LogP contribution < -0.4 is 10.7 Å². The molecule has 7 heteroatoms. The van der Waals surface area contributed by atoms with Gasteiger partial charge in [0.25, 0.3) is 5.91 Å². The zero-order chi connectivity index (χ0) is 22.5. The van der Waals surface area contributed by atoms with Gasteiger partial charge in [-0.15, -0.1) is 0 Å². The number of fused-ring (bicyclic) bond motifs is 1. The van der Waals surface area contributed by atoms with Crippen LogP contribution in [0.5, 0.6) is 0 Å². The van der Waals surface area contributed by atoms with E-state index in [0.29, 0.717) is 22.8 Å². The van der Waals surface area contributed by atoms with Gasteiger partial charge in [0.1, 0.15) is 0 Å². The molecule has 160 valence electrons. The minimum Gasteiger partial charge on any atom is -0.342 e. The number of aromatic nitrogens is 1. The molecular weight excluding hydrogens is 424 g/mol. The fourth-order valence-corrected chi connectivity index (χ4v) is 3.59. The highest BCUT2D eigenvalue weighted by molar-refractivity contribution is 6.30. The first kappa shape index (κ1) is 21.3. The Labute approximate surface area is 190 Å². The van der Waals surface area contributed by atoms with E-state index in [1.165, 1.54) is 6.92 Å². The summed E-state index contributed by atoms with van der Waals surface area (Å²) in [5, 5.41) is 8.55. The number of hydrogen-bond donors (Lipinski definition) is 2. The number of halogens is 1. The Morgan fingerprint density at radius 1 is 1.03 bits per heavy atom. The summed E-state index contributed by atoms with van der Waals surface area (Å²) in [5.74, 6) is -0.561. The second kappa shape index (κ2) is 9.49. The number of anilines is 1. The molecule has 32 heavy (non-hydrogen) atoms. The van der Waals surface area contributed by atoms with Gasteiger partial charge in [-0.1, -0.05) is 48.0 Å². The van der Waals surface area contributed by atoms with Crippen LogP contribution in [-0.4, -0.2) is 22.6 Å². The van der Waals surface area contributed by atoms with Gasteiger partial charge in [0.15, 0.2) is 0 Å². The van der Waals surface area contributed by atoms with E-state index >= 15 is 0 Å². The lowest BCUT2D eigenvalue weighted by atomic mass is 10.2. The molecule has 0 aliphatic heterocycles. The molecule has 0 unspecified atom stereocenters. The first-order valence-electron chi connectivity index (χ1n) is 10.0. The molecule has 1 aromatic heterocycles. The Kier molecular flexibility index (Phi) is 6.33. The van der Waals surface area contributed by atoms with Crippen LogP contribution in [0.2, 0.25) is 5.02 Å². The van der Waals surface area contributed by atoms with Crippen LogP contribution in [0.3, 0.4) is 0 Å². The summed E-state index contributed by atoms with van der Waals surface area (Å²) in [6.45, 7) is 2.11. The summed E-state index contributed by atoms with van der Waals surface area (Å²) < 4.78 is 2.14. The van der Waals surface area contributed by atoms with Gasteiger partial charge in [0.2, 0.25) is 5.91 Å². The Hall–Kier alpha value is -3.90. The lowest BCUT2D eigenvalue weighted by molar-refractivity contribution is -0.114. The number of amides is 2. The predicted molar refractivity (Wildman–Crippen MR) is 128 cm³/mol. The SMILES string of the molecule is CC(=O)Nc1cccc(C(=O)N/N=C\c2cn(Cc3ccc(Cl)cc3)c3ccccc23)c1. The highest BCUT2D eigenvalue weighted by atomic mass is 35.5. The fourth-order valence-electron chi connectivity index (χ4n) is 3.46. The summed E-state index contributed by atoms with van der Waals surface area (Å²) >= 11 is 5.99. The van der Waals surface area contributed by atoms with E-state index in [0.717, 1.165) is 22.0 Å². The van der Waals surface area contributed by atoms with Crippen molar-refractivity contribution < 1.29 is 9.59 Å². The average Bonchev–Trinajstić information content (AvgIpc) is 3.12. The van der Waals surface area contributed by atoms with Crippen molar-refractivity contribution in [2.75, 3.05) is 5.32 Å². The molecule has 2 N–H and O–H groups in total. The molecular formula is C25H21ClN4O2. The van der Waals surface area contributed by atoms with Gasteiger partial charge in [0, 0.05) is 52.4 Å². The first-order chi connectivity index (χ1) is 15.5. The van der Waals surface area contributed by atoms with Crippen molar-refractivity contribution in [3.63, 3.8) is 0 Å². The molecule has 0 fully saturated rings. The van der Waals surface area contributed by atoms with Crippen LogP contribution in [-0.2, 0) is 11.3 Å². The Morgan fingerprint density at radius 3 is 2.59 bits per heavy atom. The molecule has 0 spiro atoms. The summed E-state index contributed by atoms with van der Waals surface area (Å²) in [6.07, 6.45) is 3.64. The van der Waals surface area contributed by atoms with Gasteiger partial charge >= 0.3 is 0 Å². The normalized spacial score (nSPS) is 11.1. The summed E-state index contributed by atoms with van der Waals surface area (Å²) in [6, 6.07) is 22.5. The van der Waals surface area contributed by atoms with E-state index in [1.54, 1.807) is 30.5 Å². The number of para-hydroxylation sites is 1. The number of hydrogen-bond acceptors (Lipinski definition) is 3. The van der Waals surface area contributed by atoms with Crippen LogP contribution in [0, 0.1) is 0 Å². The topological polar surface area (TPSA) is 75.5 Å². The van der Waals surface area contributed by atoms with Crippen molar-refractivity contribution >= 4 is 46.2 Å². The number of carbonyl (C=O) groups is 2. The third-order valence-electron chi connectivity index (χ3n) is 4.90. The van der Waals surface area contributed by atoms with Crippen LogP contribution >= 0.6 is 11.6 Å². The van der Waals surface area contributed by atoms with E-state index in [9.17, 15) is 9.59 Å². The van der Waals surface area contributed by atoms with Gasteiger partial charge < -0.3 is 9.88 Å². The summed E-state index contributed by atoms with van der Waals surface area (Å²) in [4.78, 5) is 23.7. The van der Waals surface area contributed by atoms with E-state index in [1.807, 2.05) is 48.7 Å². The molecule has 6 nitrogen and oxygen atoms in total. The number of carbonyl (C=O) groups excluding carboxylic acids is 2. The van der Waals surface area contributed by atoms with Crippen molar-refractivity contribution in [1.82, 2.24) is 9.99 Å². The molecule has 0 aliphatic rings. The maximum atomic E-state index is 12.5. The third-order valence-corrected chi connectivity index (χ3v) is 5.15. The number of benzene rings is 3. The molecule has 1 heterocycles. The molecule has 0 saturated carbocycles. The van der Waals surface area contributed by atoms with Gasteiger partial charge in [0.05, 0.1) is 6.21 Å². The van der Waals surface area contributed by atoms with Gasteiger partial charge in [-0.3, -0.25) is 9.59 Å². The largest absolute Gasteiger partial charge is 0.342 e. The minimum absolute atomic E-state index is 0.199. The third kappa shape index (κ3) is 5.04. The molecule has 2 amide bonds. The van der Waals surface area contributed by atoms with Crippen LogP contribution in [0.15, 0.2) is 84.1 Å². The number of hydrazone groups is 1. The predicted octanol–water partition coefficient (Wildman–Crippen LogP) is 5.07. The number of rotatable bonds is 6. The van der Waals surface area contributed by atoms with Crippen molar-refractivity contribution in [2.24, 2.45) is 5.10 Å². The zero-order valence-electron chi connectivity index (χ0n) is 17.4. The van der Waals surface area contributed by atoms with Crippen LogP contribution in [0.25, 0.3) is 10.9 Å². The quantitative estimate of drug-likeness (QED) is 0.322. The fraction of sp³-hybridized carbons (Fsp3) is 0.0800. The van der Waals surface area contributed by atoms with Gasteiger partial charge in [-0.05, 0) is 42.0 Å². The zero-order valence-corrected chi connectivity index (χ0v) is 18.1. The number of nitrogens with one attached hydrogen (secondary N) is 2. The molecule has 0 saturated heterocycles. The van der Waals surface area contributed by atoms with E-state index in [2.05, 4.69) is 26.5 Å². The van der Waals surface area contributed by atoms with Crippen LogP contribution in [0.1, 0.15) is 28.4 Å². The maximum absolute atomic E-state index is 12.5. The second-order valence-electron chi connectivity index (χ2n) is 7.32. The second-order valence-corrected chi connectivity index (χ2v) is 7.75. The smallest absolute Gasteiger partial charge is 0.271 e. The highest BCUT2D eigenvalue weighted by Gasteiger charge is 2.09. The molecule has 4 aromatic rings. The average molecular weight is 445 g/mol. The van der Waals surface area contributed by atoms with E-state index in [4.69, 9.17) is 11.6 Å². The molecule has 0 bridgehead atoms. The Bertz CT molecular complexity index is 1310. The standard InChI is InChI=1S/C25H21ClN4O2/c1-17(31)28-22-6-4-5-19(13-22)25(32)29-27-14-20-16-30(24-8-3-2-7-23(20)24)15-18-9-11-21(26)12-10-18/h2-14,16H,15H2,1H3,(H,28,31)(H,29,32)/b27-14-. The molecule has 4 rings (SSSR count). The lowest BCUT2D eigenvalue weighted by Crippen LogP contribution is -2.18.